The molecule has 78 heavy (non-hydrogen) atoms. The van der Waals surface area contributed by atoms with Gasteiger partial charge in [0, 0.05) is 46.0 Å². The fraction of sp³-hybridized carbons (Fsp3) is 0.167. The minimum absolute atomic E-state index is 0.942. The predicted octanol–water partition coefficient (Wildman–Crippen LogP) is 22.8. The molecule has 0 atom stereocenters. The summed E-state index contributed by atoms with van der Waals surface area (Å²) in [5.41, 5.74) is 15.2. The Morgan fingerprint density at radius 1 is 0.244 bits per heavy atom. The number of rotatable bonds is 6. The highest BCUT2D eigenvalue weighted by Gasteiger charge is 2.06. The van der Waals surface area contributed by atoms with Crippen molar-refractivity contribution in [3.05, 3.63) is 284 Å². The number of thiophene rings is 3. The van der Waals surface area contributed by atoms with Crippen LogP contribution in [0.15, 0.2) is 232 Å². The Morgan fingerprint density at radius 2 is 0.628 bits per heavy atom. The second kappa shape index (κ2) is 28.6. The van der Waals surface area contributed by atoms with Gasteiger partial charge in [0.15, 0.2) is 0 Å². The van der Waals surface area contributed by atoms with Crippen LogP contribution in [-0.4, -0.2) is 0 Å². The van der Waals surface area contributed by atoms with Gasteiger partial charge in [-0.1, -0.05) is 162 Å². The number of benzene rings is 6. The van der Waals surface area contributed by atoms with E-state index in [4.69, 9.17) is 13.3 Å². The van der Waals surface area contributed by atoms with Crippen molar-refractivity contribution in [3.8, 4) is 65.3 Å². The van der Waals surface area contributed by atoms with Crippen LogP contribution in [0.4, 0.5) is 0 Å². The summed E-state index contributed by atoms with van der Waals surface area (Å²) in [5, 5.41) is 0. The van der Waals surface area contributed by atoms with E-state index in [0.717, 1.165) is 45.7 Å². The Kier molecular flexibility index (Phi) is 21.2. The molecule has 0 bridgehead atoms. The van der Waals surface area contributed by atoms with Crippen molar-refractivity contribution >= 4 is 34.0 Å². The second-order valence-electron chi connectivity index (χ2n) is 19.6. The molecular formula is C72H72O3S3. The predicted molar refractivity (Wildman–Crippen MR) is 339 cm³/mol. The van der Waals surface area contributed by atoms with Gasteiger partial charge in [0.1, 0.15) is 34.6 Å². The molecule has 6 aromatic carbocycles. The van der Waals surface area contributed by atoms with Gasteiger partial charge in [-0.15, -0.1) is 34.0 Å². The Hall–Kier alpha value is -7.74. The highest BCUT2D eigenvalue weighted by molar-refractivity contribution is 7.16. The molecule has 396 valence electrons. The van der Waals surface area contributed by atoms with Gasteiger partial charge in [-0.05, 0) is 190 Å². The normalized spacial score (nSPS) is 10.3. The highest BCUT2D eigenvalue weighted by Crippen LogP contribution is 2.32. The fourth-order valence-corrected chi connectivity index (χ4v) is 10.9. The summed E-state index contributed by atoms with van der Waals surface area (Å²) in [6, 6.07) is 75.8. The van der Waals surface area contributed by atoms with Crippen molar-refractivity contribution in [2.75, 3.05) is 0 Å². The van der Waals surface area contributed by atoms with E-state index < -0.39 is 0 Å². The Balaban J connectivity index is 0.000000136. The first-order valence-electron chi connectivity index (χ1n) is 26.4. The van der Waals surface area contributed by atoms with Crippen molar-refractivity contribution in [3.63, 3.8) is 0 Å². The smallest absolute Gasteiger partial charge is 0.134 e. The summed E-state index contributed by atoms with van der Waals surface area (Å²) in [5.74, 6) is 5.71. The number of furan rings is 3. The summed E-state index contributed by atoms with van der Waals surface area (Å²) in [6.07, 6.45) is 0. The zero-order chi connectivity index (χ0) is 55.6. The first-order valence-corrected chi connectivity index (χ1v) is 28.8. The molecule has 0 saturated heterocycles. The Bertz CT molecular complexity index is 3470. The van der Waals surface area contributed by atoms with E-state index in [0.29, 0.717) is 0 Å². The number of hydrogen-bond donors (Lipinski definition) is 0. The molecule has 12 aromatic rings. The first kappa shape index (κ1) is 58.0. The van der Waals surface area contributed by atoms with Crippen LogP contribution in [0.1, 0.15) is 65.3 Å². The minimum atomic E-state index is 0.942. The molecule has 0 aliphatic heterocycles. The maximum atomic E-state index is 5.55. The van der Waals surface area contributed by atoms with Gasteiger partial charge in [0.2, 0.25) is 0 Å². The van der Waals surface area contributed by atoms with Gasteiger partial charge in [0.05, 0.1) is 0 Å². The van der Waals surface area contributed by atoms with Crippen LogP contribution >= 0.6 is 34.0 Å². The van der Waals surface area contributed by atoms with Gasteiger partial charge in [-0.2, -0.15) is 0 Å². The van der Waals surface area contributed by atoms with E-state index in [1.807, 2.05) is 109 Å². The molecule has 0 fully saturated rings. The van der Waals surface area contributed by atoms with Gasteiger partial charge >= 0.3 is 0 Å². The zero-order valence-corrected chi connectivity index (χ0v) is 49.7. The lowest BCUT2D eigenvalue weighted by Gasteiger charge is -2.00. The van der Waals surface area contributed by atoms with Crippen molar-refractivity contribution in [1.29, 1.82) is 0 Å². The third-order valence-electron chi connectivity index (χ3n) is 12.5. The lowest BCUT2D eigenvalue weighted by Crippen LogP contribution is -1.78. The quantitative estimate of drug-likeness (QED) is 0.167. The van der Waals surface area contributed by atoms with E-state index in [-0.39, 0.29) is 0 Å². The average molecular weight is 1080 g/mol. The summed E-state index contributed by atoms with van der Waals surface area (Å²) in [6.45, 7) is 25.0. The molecule has 0 radical (unpaired) electrons. The van der Waals surface area contributed by atoms with Crippen molar-refractivity contribution < 1.29 is 13.3 Å². The van der Waals surface area contributed by atoms with Gasteiger partial charge in [-0.3, -0.25) is 0 Å². The largest absolute Gasteiger partial charge is 0.461 e. The lowest BCUT2D eigenvalue weighted by molar-refractivity contribution is 0.547. The van der Waals surface area contributed by atoms with Crippen molar-refractivity contribution in [2.24, 2.45) is 0 Å². The third-order valence-corrected chi connectivity index (χ3v) is 15.7. The lowest BCUT2D eigenvalue weighted by atomic mass is 10.1. The molecule has 3 nitrogen and oxygen atoms in total. The van der Waals surface area contributed by atoms with E-state index >= 15 is 0 Å². The third kappa shape index (κ3) is 17.7. The summed E-state index contributed by atoms with van der Waals surface area (Å²) >= 11 is 5.55. The molecule has 0 spiro atoms. The van der Waals surface area contributed by atoms with Crippen LogP contribution in [-0.2, 0) is 0 Å². The van der Waals surface area contributed by atoms with Crippen LogP contribution in [0.25, 0.3) is 65.3 Å². The highest BCUT2D eigenvalue weighted by atomic mass is 32.1. The van der Waals surface area contributed by atoms with E-state index in [1.54, 1.807) is 0 Å². The molecule has 6 heterocycles. The van der Waals surface area contributed by atoms with Crippen LogP contribution in [0.2, 0.25) is 0 Å². The van der Waals surface area contributed by atoms with Gasteiger partial charge in [0.25, 0.3) is 0 Å². The topological polar surface area (TPSA) is 39.4 Å². The van der Waals surface area contributed by atoms with Crippen LogP contribution in [0.5, 0.6) is 0 Å². The summed E-state index contributed by atoms with van der Waals surface area (Å²) in [4.78, 5) is 8.21. The summed E-state index contributed by atoms with van der Waals surface area (Å²) in [7, 11) is 0. The Morgan fingerprint density at radius 3 is 1.05 bits per heavy atom. The Labute approximate surface area is 476 Å². The molecule has 0 N–H and O–H groups in total. The molecule has 6 aromatic heterocycles. The van der Waals surface area contributed by atoms with Crippen LogP contribution < -0.4 is 0 Å². The maximum Gasteiger partial charge on any atom is 0.134 e. The zero-order valence-electron chi connectivity index (χ0n) is 47.2. The standard InChI is InChI=1S/3C12H12O.3C12H12S/c1-9-3-6-11(7-4-9)12-8-5-10(2)13-12;1-9-4-3-5-11(8-9)12-7-6-10(2)13-12;1-9-5-3-4-6-11(9)12-8-7-10(2)13-12;1-9-3-6-11(7-4-9)12-8-5-10(2)13-12;1-9-4-3-5-11(8-9)12-7-6-10(2)13-12;1-9-5-3-4-6-11(9)12-8-7-10(2)13-12/h6*3-8H,1-2H3. The fourth-order valence-electron chi connectivity index (χ4n) is 8.25. The monoisotopic (exact) mass is 1080 g/mol. The second-order valence-corrected chi connectivity index (χ2v) is 23.4. The molecule has 0 aliphatic rings. The molecule has 0 saturated carbocycles. The summed E-state index contributed by atoms with van der Waals surface area (Å²) < 4.78 is 16.6. The van der Waals surface area contributed by atoms with Crippen molar-refractivity contribution in [2.45, 2.75) is 83.1 Å². The number of hydrogen-bond acceptors (Lipinski definition) is 6. The average Bonchev–Trinajstić information content (AvgIpc) is 4.33. The number of aryl methyl sites for hydroxylation is 12. The maximum absolute atomic E-state index is 5.55. The van der Waals surface area contributed by atoms with Crippen LogP contribution in [0.3, 0.4) is 0 Å². The molecule has 0 unspecified atom stereocenters. The molecule has 6 heteroatoms. The molecular weight excluding hydrogens is 1010 g/mol. The molecule has 0 amide bonds. The van der Waals surface area contributed by atoms with E-state index in [9.17, 15) is 0 Å². The van der Waals surface area contributed by atoms with Crippen LogP contribution in [0, 0.1) is 83.1 Å². The molecule has 12 rings (SSSR count). The van der Waals surface area contributed by atoms with E-state index in [1.165, 1.54) is 84.9 Å². The van der Waals surface area contributed by atoms with Crippen molar-refractivity contribution in [1.82, 2.24) is 0 Å². The van der Waals surface area contributed by atoms with Gasteiger partial charge in [-0.25, -0.2) is 0 Å². The first-order chi connectivity index (χ1) is 37.6. The minimum Gasteiger partial charge on any atom is -0.461 e. The van der Waals surface area contributed by atoms with E-state index in [2.05, 4.69) is 226 Å². The van der Waals surface area contributed by atoms with Gasteiger partial charge < -0.3 is 13.3 Å². The molecule has 0 aliphatic carbocycles. The SMILES string of the molecule is Cc1ccc(-c2ccc(C)o2)cc1.Cc1ccc(-c2ccc(C)s2)cc1.Cc1ccc(-c2ccccc2C)o1.Cc1ccc(-c2ccccc2C)s1.Cc1cccc(-c2ccc(C)o2)c1.Cc1cccc(-c2ccc(C)s2)c1.